The molecule has 5 rings (SSSR count). The topological polar surface area (TPSA) is 122 Å². The lowest BCUT2D eigenvalue weighted by molar-refractivity contribution is -0.384. The maximum Gasteiger partial charge on any atom is 0.269 e. The molecule has 1 aliphatic rings. The number of rotatable bonds is 8. The first-order chi connectivity index (χ1) is 18.4. The van der Waals surface area contributed by atoms with Crippen LogP contribution in [0, 0.1) is 15.9 Å². The Morgan fingerprint density at radius 2 is 1.79 bits per heavy atom. The normalized spacial score (nSPS) is 13.5. The second-order valence-corrected chi connectivity index (χ2v) is 8.80. The second-order valence-electron chi connectivity index (χ2n) is 8.80. The van der Waals surface area contributed by atoms with Gasteiger partial charge in [-0.1, -0.05) is 18.2 Å². The third kappa shape index (κ3) is 5.14. The number of carbonyl (C=O) groups is 1. The fourth-order valence-corrected chi connectivity index (χ4v) is 4.29. The van der Waals surface area contributed by atoms with Crippen LogP contribution in [0.5, 0.6) is 0 Å². The SMILES string of the molecule is C=CCNc1nc(N2CCN(C(=O)c3ccc(F)cc3)CC2)nc2c1ncn2Cc1ccc([N+](=O)[O-])cc1. The van der Waals surface area contributed by atoms with Crippen LogP contribution in [0.1, 0.15) is 15.9 Å². The largest absolute Gasteiger partial charge is 0.365 e. The minimum absolute atomic E-state index is 0.0295. The van der Waals surface area contributed by atoms with Gasteiger partial charge in [0.2, 0.25) is 5.95 Å². The highest BCUT2D eigenvalue weighted by Crippen LogP contribution is 2.25. The average molecular weight is 517 g/mol. The van der Waals surface area contributed by atoms with Crippen LogP contribution in [0.25, 0.3) is 11.2 Å². The fourth-order valence-electron chi connectivity index (χ4n) is 4.29. The van der Waals surface area contributed by atoms with Crippen LogP contribution in [0.15, 0.2) is 67.5 Å². The van der Waals surface area contributed by atoms with Gasteiger partial charge in [0.1, 0.15) is 5.82 Å². The van der Waals surface area contributed by atoms with Gasteiger partial charge in [0, 0.05) is 50.4 Å². The molecule has 0 aliphatic carbocycles. The van der Waals surface area contributed by atoms with Gasteiger partial charge >= 0.3 is 0 Å². The van der Waals surface area contributed by atoms with Gasteiger partial charge in [0.25, 0.3) is 11.6 Å². The van der Waals surface area contributed by atoms with Crippen molar-refractivity contribution in [3.8, 4) is 0 Å². The summed E-state index contributed by atoms with van der Waals surface area (Å²) in [5.74, 6) is 0.545. The number of imidazole rings is 1. The standard InChI is InChI=1S/C26H25FN8O3/c1-2-11-28-23-22-24(34(17-29-22)16-18-3-9-21(10-4-18)35(37)38)31-26(30-23)33-14-12-32(13-15-33)25(36)19-5-7-20(27)8-6-19/h2-10,17H,1,11-16H2,(H,28,30,31). The Morgan fingerprint density at radius 3 is 2.45 bits per heavy atom. The van der Waals surface area contributed by atoms with Crippen molar-refractivity contribution in [2.75, 3.05) is 42.9 Å². The van der Waals surface area contributed by atoms with Crippen molar-refractivity contribution in [2.45, 2.75) is 6.54 Å². The predicted octanol–water partition coefficient (Wildman–Crippen LogP) is 3.48. The van der Waals surface area contributed by atoms with Crippen LogP contribution < -0.4 is 10.2 Å². The molecule has 38 heavy (non-hydrogen) atoms. The van der Waals surface area contributed by atoms with E-state index >= 15 is 0 Å². The first-order valence-corrected chi connectivity index (χ1v) is 12.0. The van der Waals surface area contributed by atoms with Gasteiger partial charge in [-0.05, 0) is 29.8 Å². The molecule has 2 aromatic carbocycles. The third-order valence-corrected chi connectivity index (χ3v) is 6.31. The van der Waals surface area contributed by atoms with E-state index in [9.17, 15) is 19.3 Å². The van der Waals surface area contributed by atoms with E-state index in [1.807, 2.05) is 9.47 Å². The number of halogens is 1. The van der Waals surface area contributed by atoms with Crippen LogP contribution >= 0.6 is 0 Å². The highest BCUT2D eigenvalue weighted by Gasteiger charge is 2.25. The lowest BCUT2D eigenvalue weighted by Crippen LogP contribution is -2.49. The molecule has 1 aliphatic heterocycles. The molecular weight excluding hydrogens is 491 g/mol. The Bertz CT molecular complexity index is 1480. The molecular formula is C26H25FN8O3. The van der Waals surface area contributed by atoms with E-state index in [1.54, 1.807) is 29.4 Å². The van der Waals surface area contributed by atoms with Crippen molar-refractivity contribution in [3.63, 3.8) is 0 Å². The number of carbonyl (C=O) groups excluding carboxylic acids is 1. The molecule has 0 atom stereocenters. The van der Waals surface area contributed by atoms with Gasteiger partial charge in [-0.3, -0.25) is 14.9 Å². The quantitative estimate of drug-likeness (QED) is 0.215. The first-order valence-electron chi connectivity index (χ1n) is 12.0. The van der Waals surface area contributed by atoms with Crippen LogP contribution in [0.4, 0.5) is 21.8 Å². The van der Waals surface area contributed by atoms with E-state index in [1.165, 1.54) is 36.4 Å². The molecule has 3 heterocycles. The summed E-state index contributed by atoms with van der Waals surface area (Å²) in [4.78, 5) is 41.1. The summed E-state index contributed by atoms with van der Waals surface area (Å²) in [6.07, 6.45) is 3.39. The Labute approximate surface area is 217 Å². The zero-order valence-corrected chi connectivity index (χ0v) is 20.5. The maximum absolute atomic E-state index is 13.2. The Balaban J connectivity index is 1.38. The summed E-state index contributed by atoms with van der Waals surface area (Å²) in [6, 6.07) is 11.9. The van der Waals surface area contributed by atoms with E-state index in [2.05, 4.69) is 16.9 Å². The van der Waals surface area contributed by atoms with Crippen molar-refractivity contribution < 1.29 is 14.1 Å². The van der Waals surface area contributed by atoms with E-state index in [0.717, 1.165) is 5.56 Å². The first kappa shape index (κ1) is 24.8. The Kier molecular flexibility index (Phi) is 6.94. The fraction of sp³-hybridized carbons (Fsp3) is 0.231. The van der Waals surface area contributed by atoms with E-state index in [4.69, 9.17) is 9.97 Å². The monoisotopic (exact) mass is 516 g/mol. The summed E-state index contributed by atoms with van der Waals surface area (Å²) >= 11 is 0. The molecule has 0 radical (unpaired) electrons. The number of aromatic nitrogens is 4. The summed E-state index contributed by atoms with van der Waals surface area (Å²) < 4.78 is 15.1. The predicted molar refractivity (Wildman–Crippen MR) is 141 cm³/mol. The molecule has 12 heteroatoms. The van der Waals surface area contributed by atoms with Crippen molar-refractivity contribution >= 4 is 34.5 Å². The van der Waals surface area contributed by atoms with E-state index in [-0.39, 0.29) is 17.4 Å². The van der Waals surface area contributed by atoms with Crippen molar-refractivity contribution in [3.05, 3.63) is 94.6 Å². The maximum atomic E-state index is 13.2. The number of nitro groups is 1. The van der Waals surface area contributed by atoms with Gasteiger partial charge in [-0.15, -0.1) is 6.58 Å². The number of nitrogens with one attached hydrogen (secondary N) is 1. The van der Waals surface area contributed by atoms with Gasteiger partial charge in [0.15, 0.2) is 17.0 Å². The lowest BCUT2D eigenvalue weighted by Gasteiger charge is -2.35. The van der Waals surface area contributed by atoms with Gasteiger partial charge in [-0.25, -0.2) is 9.37 Å². The number of nitrogens with zero attached hydrogens (tertiary/aromatic N) is 7. The molecule has 194 valence electrons. The zero-order chi connectivity index (χ0) is 26.6. The number of anilines is 2. The molecule has 0 saturated carbocycles. The molecule has 11 nitrogen and oxygen atoms in total. The van der Waals surface area contributed by atoms with Gasteiger partial charge < -0.3 is 19.7 Å². The molecule has 4 aromatic rings. The molecule has 0 unspecified atom stereocenters. The van der Waals surface area contributed by atoms with Crippen molar-refractivity contribution in [1.82, 2.24) is 24.4 Å². The number of non-ortho nitro benzene ring substituents is 1. The molecule has 0 spiro atoms. The minimum atomic E-state index is -0.430. The van der Waals surface area contributed by atoms with Gasteiger partial charge in [0.05, 0.1) is 17.8 Å². The second kappa shape index (κ2) is 10.6. The van der Waals surface area contributed by atoms with E-state index < -0.39 is 4.92 Å². The number of piperazine rings is 1. The van der Waals surface area contributed by atoms with Crippen LogP contribution in [0.3, 0.4) is 0 Å². The molecule has 0 bridgehead atoms. The lowest BCUT2D eigenvalue weighted by atomic mass is 10.2. The number of fused-ring (bicyclic) bond motifs is 1. The van der Waals surface area contributed by atoms with Crippen LogP contribution in [-0.2, 0) is 6.54 Å². The number of benzene rings is 2. The minimum Gasteiger partial charge on any atom is -0.365 e. The highest BCUT2D eigenvalue weighted by molar-refractivity contribution is 5.94. The van der Waals surface area contributed by atoms with Crippen molar-refractivity contribution in [2.24, 2.45) is 0 Å². The third-order valence-electron chi connectivity index (χ3n) is 6.31. The van der Waals surface area contributed by atoms with E-state index in [0.29, 0.717) is 67.8 Å². The Morgan fingerprint density at radius 1 is 1.08 bits per heavy atom. The van der Waals surface area contributed by atoms with Crippen LogP contribution in [0.2, 0.25) is 0 Å². The summed E-state index contributed by atoms with van der Waals surface area (Å²) in [6.45, 7) is 6.65. The molecule has 1 N–H and O–H groups in total. The molecule has 2 aromatic heterocycles. The summed E-state index contributed by atoms with van der Waals surface area (Å²) in [5, 5.41) is 14.2. The number of amides is 1. The molecule has 1 saturated heterocycles. The molecule has 1 amide bonds. The average Bonchev–Trinajstić information content (AvgIpc) is 3.34. The number of hydrogen-bond donors (Lipinski definition) is 1. The smallest absolute Gasteiger partial charge is 0.269 e. The number of nitro benzene ring substituents is 1. The highest BCUT2D eigenvalue weighted by atomic mass is 19.1. The van der Waals surface area contributed by atoms with Crippen LogP contribution in [-0.4, -0.2) is 68.0 Å². The summed E-state index contributed by atoms with van der Waals surface area (Å²) in [5.41, 5.74) is 2.56. The number of hydrogen-bond acceptors (Lipinski definition) is 8. The summed E-state index contributed by atoms with van der Waals surface area (Å²) in [7, 11) is 0. The van der Waals surface area contributed by atoms with Crippen molar-refractivity contribution in [1.29, 1.82) is 0 Å². The zero-order valence-electron chi connectivity index (χ0n) is 20.5. The van der Waals surface area contributed by atoms with Gasteiger partial charge in [-0.2, -0.15) is 9.97 Å². The Hall–Kier alpha value is -4.87. The molecule has 1 fully saturated rings.